The van der Waals surface area contributed by atoms with Crippen LogP contribution in [0.4, 0.5) is 8.78 Å². The van der Waals surface area contributed by atoms with Crippen molar-refractivity contribution in [1.29, 1.82) is 0 Å². The molecular formula is C15H6Cl2F2O2. The molecule has 0 saturated carbocycles. The van der Waals surface area contributed by atoms with Gasteiger partial charge in [-0.25, -0.2) is 8.78 Å². The highest BCUT2D eigenvalue weighted by molar-refractivity contribution is 6.37. The number of furan rings is 1. The van der Waals surface area contributed by atoms with E-state index in [9.17, 15) is 13.6 Å². The molecule has 0 unspecified atom stereocenters. The number of halogens is 4. The lowest BCUT2D eigenvalue weighted by molar-refractivity contribution is 0.101. The van der Waals surface area contributed by atoms with Crippen LogP contribution in [0.25, 0.3) is 11.0 Å². The van der Waals surface area contributed by atoms with Gasteiger partial charge in [0, 0.05) is 10.9 Å². The second kappa shape index (κ2) is 5.13. The summed E-state index contributed by atoms with van der Waals surface area (Å²) in [6.07, 6.45) is 0. The smallest absolute Gasteiger partial charge is 0.229 e. The Morgan fingerprint density at radius 2 is 1.76 bits per heavy atom. The van der Waals surface area contributed by atoms with E-state index < -0.39 is 17.4 Å². The predicted molar refractivity (Wildman–Crippen MR) is 76.0 cm³/mol. The average Bonchev–Trinajstić information content (AvgIpc) is 2.85. The number of fused-ring (bicyclic) bond motifs is 1. The molecule has 0 N–H and O–H groups in total. The third-order valence-electron chi connectivity index (χ3n) is 2.96. The molecule has 6 heteroatoms. The Hall–Kier alpha value is -1.91. The molecule has 106 valence electrons. The van der Waals surface area contributed by atoms with Crippen LogP contribution in [0.15, 0.2) is 40.8 Å². The maximum Gasteiger partial charge on any atom is 0.229 e. The highest BCUT2D eigenvalue weighted by Crippen LogP contribution is 2.28. The number of hydrogen-bond donors (Lipinski definition) is 0. The summed E-state index contributed by atoms with van der Waals surface area (Å²) in [5.41, 5.74) is 0.281. The molecule has 2 aromatic carbocycles. The van der Waals surface area contributed by atoms with Crippen molar-refractivity contribution in [3.05, 3.63) is 69.4 Å². The van der Waals surface area contributed by atoms with Crippen LogP contribution < -0.4 is 0 Å². The zero-order chi connectivity index (χ0) is 15.1. The van der Waals surface area contributed by atoms with Crippen LogP contribution in [-0.4, -0.2) is 5.78 Å². The fraction of sp³-hybridized carbons (Fsp3) is 0. The van der Waals surface area contributed by atoms with E-state index in [4.69, 9.17) is 27.6 Å². The number of carbonyl (C=O) groups excluding carboxylic acids is 1. The van der Waals surface area contributed by atoms with Crippen LogP contribution in [-0.2, 0) is 0 Å². The van der Waals surface area contributed by atoms with Crippen LogP contribution in [0.3, 0.4) is 0 Å². The first-order valence-corrected chi connectivity index (χ1v) is 6.59. The zero-order valence-electron chi connectivity index (χ0n) is 10.3. The third-order valence-corrected chi connectivity index (χ3v) is 3.56. The molecule has 0 aliphatic heterocycles. The van der Waals surface area contributed by atoms with Gasteiger partial charge in [0.2, 0.25) is 5.78 Å². The van der Waals surface area contributed by atoms with Crippen molar-refractivity contribution < 1.29 is 18.0 Å². The van der Waals surface area contributed by atoms with Crippen LogP contribution in [0.1, 0.15) is 16.1 Å². The minimum atomic E-state index is -0.758. The lowest BCUT2D eigenvalue weighted by atomic mass is 10.1. The van der Waals surface area contributed by atoms with Crippen LogP contribution in [0.2, 0.25) is 10.0 Å². The van der Waals surface area contributed by atoms with E-state index in [0.29, 0.717) is 11.0 Å². The molecule has 1 aromatic heterocycles. The summed E-state index contributed by atoms with van der Waals surface area (Å²) in [5, 5.41) is 0.269. The Morgan fingerprint density at radius 1 is 1.00 bits per heavy atom. The molecule has 0 spiro atoms. The van der Waals surface area contributed by atoms with Crippen molar-refractivity contribution in [2.24, 2.45) is 0 Å². The van der Waals surface area contributed by atoms with E-state index in [-0.39, 0.29) is 21.4 Å². The van der Waals surface area contributed by atoms with Crippen molar-refractivity contribution >= 4 is 40.0 Å². The van der Waals surface area contributed by atoms with Gasteiger partial charge in [0.25, 0.3) is 0 Å². The van der Waals surface area contributed by atoms with Gasteiger partial charge < -0.3 is 4.42 Å². The van der Waals surface area contributed by atoms with Gasteiger partial charge in [-0.15, -0.1) is 0 Å². The van der Waals surface area contributed by atoms with E-state index >= 15 is 0 Å². The van der Waals surface area contributed by atoms with Crippen LogP contribution >= 0.6 is 23.2 Å². The van der Waals surface area contributed by atoms with E-state index in [1.165, 1.54) is 24.3 Å². The van der Waals surface area contributed by atoms with Gasteiger partial charge in [-0.1, -0.05) is 23.2 Å². The minimum absolute atomic E-state index is 0.0121. The van der Waals surface area contributed by atoms with Gasteiger partial charge in [0.1, 0.15) is 17.2 Å². The fourth-order valence-corrected chi connectivity index (χ4v) is 2.42. The van der Waals surface area contributed by atoms with Gasteiger partial charge in [0.05, 0.1) is 10.0 Å². The van der Waals surface area contributed by atoms with E-state index in [1.807, 2.05) is 0 Å². The second-order valence-electron chi connectivity index (χ2n) is 4.37. The molecule has 21 heavy (non-hydrogen) atoms. The Morgan fingerprint density at radius 3 is 2.52 bits per heavy atom. The van der Waals surface area contributed by atoms with Gasteiger partial charge in [-0.2, -0.15) is 0 Å². The number of rotatable bonds is 2. The van der Waals surface area contributed by atoms with Crippen molar-refractivity contribution in [2.75, 3.05) is 0 Å². The summed E-state index contributed by atoms with van der Waals surface area (Å²) in [6, 6.07) is 7.33. The monoisotopic (exact) mass is 326 g/mol. The highest BCUT2D eigenvalue weighted by atomic mass is 35.5. The summed E-state index contributed by atoms with van der Waals surface area (Å²) in [7, 11) is 0. The summed E-state index contributed by atoms with van der Waals surface area (Å²) < 4.78 is 31.9. The van der Waals surface area contributed by atoms with E-state index in [1.54, 1.807) is 0 Å². The molecule has 0 fully saturated rings. The molecule has 0 aliphatic carbocycles. The molecule has 3 aromatic rings. The average molecular weight is 327 g/mol. The predicted octanol–water partition coefficient (Wildman–Crippen LogP) is 5.25. The van der Waals surface area contributed by atoms with Crippen molar-refractivity contribution in [2.45, 2.75) is 0 Å². The number of ketones is 1. The second-order valence-corrected chi connectivity index (χ2v) is 5.18. The van der Waals surface area contributed by atoms with Crippen molar-refractivity contribution in [3.8, 4) is 0 Å². The summed E-state index contributed by atoms with van der Waals surface area (Å²) in [5.74, 6) is -1.86. The van der Waals surface area contributed by atoms with Crippen molar-refractivity contribution in [1.82, 2.24) is 0 Å². The summed E-state index contributed by atoms with van der Waals surface area (Å²) >= 11 is 11.5. The number of benzene rings is 2. The Balaban J connectivity index is 2.10. The summed E-state index contributed by atoms with van der Waals surface area (Å²) in [6.45, 7) is 0. The normalized spacial score (nSPS) is 11.0. The van der Waals surface area contributed by atoms with Crippen molar-refractivity contribution in [3.63, 3.8) is 0 Å². The van der Waals surface area contributed by atoms with E-state index in [2.05, 4.69) is 0 Å². The van der Waals surface area contributed by atoms with Crippen LogP contribution in [0, 0.1) is 11.6 Å². The van der Waals surface area contributed by atoms with Gasteiger partial charge in [0.15, 0.2) is 5.76 Å². The molecule has 0 atom stereocenters. The zero-order valence-corrected chi connectivity index (χ0v) is 11.8. The Labute approximate surface area is 127 Å². The minimum Gasteiger partial charge on any atom is -0.453 e. The van der Waals surface area contributed by atoms with Gasteiger partial charge >= 0.3 is 0 Å². The summed E-state index contributed by atoms with van der Waals surface area (Å²) in [4.78, 5) is 12.3. The van der Waals surface area contributed by atoms with E-state index in [0.717, 1.165) is 12.1 Å². The molecule has 3 rings (SSSR count). The molecule has 0 amide bonds. The maximum absolute atomic E-state index is 13.5. The Bertz CT molecular complexity index is 871. The molecule has 0 aliphatic rings. The Kier molecular flexibility index (Phi) is 3.43. The first kappa shape index (κ1) is 14.0. The molecule has 0 saturated heterocycles. The van der Waals surface area contributed by atoms with Crippen LogP contribution in [0.5, 0.6) is 0 Å². The number of carbonyl (C=O) groups is 1. The molecular weight excluding hydrogens is 321 g/mol. The third kappa shape index (κ3) is 2.52. The van der Waals surface area contributed by atoms with Gasteiger partial charge in [-0.3, -0.25) is 4.79 Å². The molecule has 0 bridgehead atoms. The lowest BCUT2D eigenvalue weighted by Crippen LogP contribution is -2.01. The highest BCUT2D eigenvalue weighted by Gasteiger charge is 2.19. The quantitative estimate of drug-likeness (QED) is 0.475. The van der Waals surface area contributed by atoms with Gasteiger partial charge in [-0.05, 0) is 36.4 Å². The lowest BCUT2D eigenvalue weighted by Gasteiger charge is -2.02. The topological polar surface area (TPSA) is 30.2 Å². The maximum atomic E-state index is 13.5. The first-order chi connectivity index (χ1) is 9.95. The molecule has 2 nitrogen and oxygen atoms in total. The number of hydrogen-bond acceptors (Lipinski definition) is 2. The first-order valence-electron chi connectivity index (χ1n) is 5.84. The largest absolute Gasteiger partial charge is 0.453 e. The SMILES string of the molecule is O=C(c1cc2cc(F)ccc2o1)c1cc(F)c(Cl)cc1Cl. The molecule has 0 radical (unpaired) electrons. The fourth-order valence-electron chi connectivity index (χ4n) is 1.96. The standard InChI is InChI=1S/C15H6Cl2F2O2/c16-10-6-11(17)12(19)5-9(10)15(20)14-4-7-3-8(18)1-2-13(7)21-14/h1-6H. The molecule has 1 heterocycles.